The highest BCUT2D eigenvalue weighted by molar-refractivity contribution is 7.28. The van der Waals surface area contributed by atoms with Gasteiger partial charge in [-0.2, -0.15) is 13.2 Å². The molecule has 0 atom stereocenters. The number of hydrogen-bond donors (Lipinski definition) is 0. The van der Waals surface area contributed by atoms with Crippen LogP contribution in [-0.2, 0) is 6.18 Å². The molecule has 7 heteroatoms. The first-order valence-electron chi connectivity index (χ1n) is 5.50. The van der Waals surface area contributed by atoms with E-state index in [-0.39, 0.29) is 0 Å². The zero-order chi connectivity index (χ0) is 14.3. The van der Waals surface area contributed by atoms with Crippen molar-refractivity contribution in [3.63, 3.8) is 0 Å². The maximum absolute atomic E-state index is 12.9. The molecule has 0 fully saturated rings. The smallest absolute Gasteiger partial charge is 0.288 e. The number of carbonyl (C=O) groups is 1. The zero-order valence-corrected chi connectivity index (χ0v) is 11.4. The number of ketones is 1. The largest absolute Gasteiger partial charge is 0.417 e. The van der Waals surface area contributed by atoms with E-state index in [0.717, 1.165) is 27.9 Å². The third-order valence-electron chi connectivity index (χ3n) is 2.73. The lowest BCUT2D eigenvalue weighted by Crippen LogP contribution is -2.13. The molecule has 0 aliphatic heterocycles. The van der Waals surface area contributed by atoms with Gasteiger partial charge in [-0.05, 0) is 23.6 Å². The fourth-order valence-electron chi connectivity index (χ4n) is 1.83. The van der Waals surface area contributed by atoms with E-state index in [1.807, 2.05) is 11.4 Å². The summed E-state index contributed by atoms with van der Waals surface area (Å²) in [4.78, 5) is 16.2. The predicted molar refractivity (Wildman–Crippen MR) is 72.4 cm³/mol. The fraction of sp³-hybridized carbons (Fsp3) is 0.0769. The van der Waals surface area contributed by atoms with Crippen LogP contribution in [0.4, 0.5) is 13.2 Å². The van der Waals surface area contributed by atoms with Crippen molar-refractivity contribution in [2.24, 2.45) is 0 Å². The van der Waals surface area contributed by atoms with Crippen LogP contribution >= 0.6 is 22.7 Å². The van der Waals surface area contributed by atoms with Gasteiger partial charge in [-0.25, -0.2) is 0 Å². The van der Waals surface area contributed by atoms with Gasteiger partial charge in [-0.1, -0.05) is 0 Å². The quantitative estimate of drug-likeness (QED) is 0.647. The molecule has 2 nitrogen and oxygen atoms in total. The van der Waals surface area contributed by atoms with Gasteiger partial charge in [0, 0.05) is 21.8 Å². The highest BCUT2D eigenvalue weighted by atomic mass is 32.1. The summed E-state index contributed by atoms with van der Waals surface area (Å²) in [6.45, 7) is 0. The number of aromatic nitrogens is 1. The third kappa shape index (κ3) is 2.23. The Morgan fingerprint density at radius 1 is 1.20 bits per heavy atom. The Morgan fingerprint density at radius 2 is 2.00 bits per heavy atom. The van der Waals surface area contributed by atoms with Gasteiger partial charge in [0.25, 0.3) is 0 Å². The standard InChI is InChI=1S/C13H6F3NOS2/c14-13(15,16)8-1-3-17-6-7(8)12(18)11-5-10-9(20-11)2-4-19-10/h1-6H. The monoisotopic (exact) mass is 313 g/mol. The van der Waals surface area contributed by atoms with Gasteiger partial charge in [-0.15, -0.1) is 22.7 Å². The third-order valence-corrected chi connectivity index (χ3v) is 4.83. The Hall–Kier alpha value is -1.73. The maximum atomic E-state index is 12.9. The van der Waals surface area contributed by atoms with E-state index < -0.39 is 23.1 Å². The topological polar surface area (TPSA) is 30.0 Å². The number of halogens is 3. The van der Waals surface area contributed by atoms with Crippen molar-refractivity contribution in [2.45, 2.75) is 6.18 Å². The molecule has 102 valence electrons. The van der Waals surface area contributed by atoms with Crippen LogP contribution in [-0.4, -0.2) is 10.8 Å². The second-order valence-corrected chi connectivity index (χ2v) is 6.04. The molecule has 3 aromatic rings. The Morgan fingerprint density at radius 3 is 2.70 bits per heavy atom. The number of rotatable bonds is 2. The van der Waals surface area contributed by atoms with Gasteiger partial charge >= 0.3 is 6.18 Å². The highest BCUT2D eigenvalue weighted by Gasteiger charge is 2.35. The number of hydrogen-bond acceptors (Lipinski definition) is 4. The summed E-state index contributed by atoms with van der Waals surface area (Å²) in [6, 6.07) is 4.29. The minimum atomic E-state index is -4.57. The Bertz CT molecular complexity index is 760. The minimum absolute atomic E-state index is 0.297. The van der Waals surface area contributed by atoms with E-state index in [0.29, 0.717) is 4.88 Å². The molecule has 0 aliphatic rings. The van der Waals surface area contributed by atoms with Crippen molar-refractivity contribution < 1.29 is 18.0 Å². The van der Waals surface area contributed by atoms with Crippen LogP contribution < -0.4 is 0 Å². The molecule has 0 bridgehead atoms. The van der Waals surface area contributed by atoms with Gasteiger partial charge in [0.05, 0.1) is 16.0 Å². The van der Waals surface area contributed by atoms with Crippen molar-refractivity contribution >= 4 is 37.9 Å². The van der Waals surface area contributed by atoms with Crippen molar-refractivity contribution in [1.82, 2.24) is 4.98 Å². The van der Waals surface area contributed by atoms with Gasteiger partial charge in [0.1, 0.15) is 0 Å². The van der Waals surface area contributed by atoms with Crippen LogP contribution in [0.2, 0.25) is 0 Å². The fourth-order valence-corrected chi connectivity index (χ4v) is 3.90. The highest BCUT2D eigenvalue weighted by Crippen LogP contribution is 2.35. The molecule has 0 spiro atoms. The van der Waals surface area contributed by atoms with Gasteiger partial charge in [0.15, 0.2) is 0 Å². The summed E-state index contributed by atoms with van der Waals surface area (Å²) >= 11 is 2.64. The van der Waals surface area contributed by atoms with Gasteiger partial charge in [-0.3, -0.25) is 9.78 Å². The van der Waals surface area contributed by atoms with Crippen LogP contribution in [0.5, 0.6) is 0 Å². The van der Waals surface area contributed by atoms with E-state index in [1.54, 1.807) is 6.07 Å². The first-order valence-corrected chi connectivity index (χ1v) is 7.19. The van der Waals surface area contributed by atoms with E-state index in [9.17, 15) is 18.0 Å². The van der Waals surface area contributed by atoms with Crippen molar-refractivity contribution in [1.29, 1.82) is 0 Å². The summed E-state index contributed by atoms with van der Waals surface area (Å²) < 4.78 is 40.5. The van der Waals surface area contributed by atoms with Crippen molar-refractivity contribution in [3.05, 3.63) is 52.0 Å². The zero-order valence-electron chi connectivity index (χ0n) is 9.77. The summed E-state index contributed by atoms with van der Waals surface area (Å²) in [5.41, 5.74) is -1.36. The number of nitrogens with zero attached hydrogens (tertiary/aromatic N) is 1. The van der Waals surface area contributed by atoms with Crippen molar-refractivity contribution in [2.75, 3.05) is 0 Å². The van der Waals surface area contributed by atoms with Gasteiger partial charge in [0.2, 0.25) is 5.78 Å². The first kappa shape index (κ1) is 13.3. The Balaban J connectivity index is 2.09. The lowest BCUT2D eigenvalue weighted by Gasteiger charge is -2.10. The number of thiophene rings is 2. The molecule has 0 saturated carbocycles. The second-order valence-electron chi connectivity index (χ2n) is 4.01. The Labute approximate surface area is 119 Å². The molecule has 3 aromatic heterocycles. The van der Waals surface area contributed by atoms with Crippen molar-refractivity contribution in [3.8, 4) is 0 Å². The van der Waals surface area contributed by atoms with Crippen LogP contribution in [0.15, 0.2) is 36.0 Å². The Kier molecular flexibility index (Phi) is 3.10. The van der Waals surface area contributed by atoms with Crippen LogP contribution in [0.25, 0.3) is 9.40 Å². The summed E-state index contributed by atoms with van der Waals surface area (Å²) in [5, 5.41) is 1.88. The molecule has 0 radical (unpaired) electrons. The number of carbonyl (C=O) groups excluding carboxylic acids is 1. The molecule has 3 heterocycles. The molecule has 0 saturated heterocycles. The lowest BCUT2D eigenvalue weighted by molar-refractivity contribution is -0.137. The molecule has 0 N–H and O–H groups in total. The average Bonchev–Trinajstić information content (AvgIpc) is 2.97. The molecule has 20 heavy (non-hydrogen) atoms. The molecule has 0 unspecified atom stereocenters. The molecular formula is C13H6F3NOS2. The number of pyridine rings is 1. The van der Waals surface area contributed by atoms with Gasteiger partial charge < -0.3 is 0 Å². The maximum Gasteiger partial charge on any atom is 0.417 e. The van der Waals surface area contributed by atoms with E-state index in [1.165, 1.54) is 22.7 Å². The van der Waals surface area contributed by atoms with Crippen LogP contribution in [0.3, 0.4) is 0 Å². The summed E-state index contributed by atoms with van der Waals surface area (Å²) in [6.07, 6.45) is -2.56. The summed E-state index contributed by atoms with van der Waals surface area (Å²) in [5.74, 6) is -0.640. The number of fused-ring (bicyclic) bond motifs is 1. The molecular weight excluding hydrogens is 307 g/mol. The first-order chi connectivity index (χ1) is 9.47. The molecule has 0 amide bonds. The van der Waals surface area contributed by atoms with E-state index >= 15 is 0 Å². The average molecular weight is 313 g/mol. The molecule has 0 aromatic carbocycles. The number of alkyl halides is 3. The molecule has 0 aliphatic carbocycles. The lowest BCUT2D eigenvalue weighted by atomic mass is 10.1. The summed E-state index contributed by atoms with van der Waals surface area (Å²) in [7, 11) is 0. The van der Waals surface area contributed by atoms with Crippen LogP contribution in [0.1, 0.15) is 20.8 Å². The van der Waals surface area contributed by atoms with E-state index in [4.69, 9.17) is 0 Å². The SMILES string of the molecule is O=C(c1cc2sccc2s1)c1cnccc1C(F)(F)F. The minimum Gasteiger partial charge on any atom is -0.288 e. The normalized spacial score (nSPS) is 11.9. The van der Waals surface area contributed by atoms with Crippen LogP contribution in [0, 0.1) is 0 Å². The predicted octanol–water partition coefficient (Wildman–Crippen LogP) is 4.61. The second kappa shape index (κ2) is 4.68. The van der Waals surface area contributed by atoms with E-state index in [2.05, 4.69) is 4.98 Å². The molecule has 3 rings (SSSR count).